The van der Waals surface area contributed by atoms with Gasteiger partial charge in [0.05, 0.1) is 6.20 Å². The van der Waals surface area contributed by atoms with Crippen LogP contribution in [0.2, 0.25) is 0 Å². The van der Waals surface area contributed by atoms with Gasteiger partial charge in [-0.25, -0.2) is 0 Å². The first-order valence-corrected chi connectivity index (χ1v) is 3.05. The van der Waals surface area contributed by atoms with Crippen LogP contribution >= 0.6 is 11.5 Å². The molecule has 0 atom stereocenters. The predicted molar refractivity (Wildman–Crippen MR) is 31.3 cm³/mol. The van der Waals surface area contributed by atoms with E-state index in [1.807, 2.05) is 19.2 Å². The van der Waals surface area contributed by atoms with Gasteiger partial charge in [0.25, 0.3) is 0 Å². The van der Waals surface area contributed by atoms with Gasteiger partial charge in [0.15, 0.2) is 0 Å². The zero-order valence-corrected chi connectivity index (χ0v) is 5.27. The van der Waals surface area contributed by atoms with Crippen LogP contribution < -0.4 is 0 Å². The van der Waals surface area contributed by atoms with Gasteiger partial charge in [-0.15, -0.1) is 5.10 Å². The minimum atomic E-state index is 1.35. The molecule has 0 saturated heterocycles. The summed E-state index contributed by atoms with van der Waals surface area (Å²) in [4.78, 5) is 0. The van der Waals surface area contributed by atoms with Crippen molar-refractivity contribution < 1.29 is 0 Å². The van der Waals surface area contributed by atoms with E-state index in [2.05, 4.69) is 9.59 Å². The van der Waals surface area contributed by atoms with Gasteiger partial charge in [-0.2, -0.15) is 0 Å². The van der Waals surface area contributed by atoms with Crippen molar-refractivity contribution >= 4 is 11.5 Å². The van der Waals surface area contributed by atoms with Crippen LogP contribution in [0.15, 0.2) is 11.6 Å². The van der Waals surface area contributed by atoms with Crippen molar-refractivity contribution in [3.8, 4) is 0 Å². The monoisotopic (exact) mass is 116 g/mol. The Morgan fingerprint density at radius 2 is 2.14 bits per heavy atom. The maximum atomic E-state index is 3.51. The fraction of sp³-hybridized carbons (Fsp3) is 0.500. The van der Waals surface area contributed by atoms with E-state index in [1.165, 1.54) is 11.5 Å². The van der Waals surface area contributed by atoms with E-state index in [1.54, 1.807) is 6.20 Å². The van der Waals surface area contributed by atoms with Crippen molar-refractivity contribution in [2.24, 2.45) is 0 Å². The zero-order valence-electron chi connectivity index (χ0n) is 4.46. The van der Waals surface area contributed by atoms with Crippen LogP contribution in [0.1, 0.15) is 13.8 Å². The largest absolute Gasteiger partial charge is 0.147 e. The molecule has 0 bridgehead atoms. The second-order valence-electron chi connectivity index (χ2n) is 0.588. The molecule has 0 aromatic carbocycles. The molecule has 1 heterocycles. The molecule has 0 aliphatic carbocycles. The van der Waals surface area contributed by atoms with E-state index < -0.39 is 0 Å². The van der Waals surface area contributed by atoms with Crippen LogP contribution in [-0.4, -0.2) is 9.59 Å². The molecule has 0 saturated carbocycles. The zero-order chi connectivity index (χ0) is 5.54. The Labute approximate surface area is 47.4 Å². The highest BCUT2D eigenvalue weighted by molar-refractivity contribution is 7.03. The fourth-order valence-electron chi connectivity index (χ4n) is 0.136. The lowest BCUT2D eigenvalue weighted by Gasteiger charge is -1.40. The Hall–Kier alpha value is -0.440. The number of nitrogens with zero attached hydrogens (tertiary/aromatic N) is 2. The lowest BCUT2D eigenvalue weighted by Crippen LogP contribution is -1.51. The summed E-state index contributed by atoms with van der Waals surface area (Å²) in [6.45, 7) is 4.00. The molecule has 7 heavy (non-hydrogen) atoms. The van der Waals surface area contributed by atoms with Gasteiger partial charge < -0.3 is 0 Å². The molecule has 0 spiro atoms. The van der Waals surface area contributed by atoms with Gasteiger partial charge in [-0.1, -0.05) is 18.3 Å². The lowest BCUT2D eigenvalue weighted by atomic mass is 11.0. The third kappa shape index (κ3) is 3.39. The van der Waals surface area contributed by atoms with Gasteiger partial charge in [0, 0.05) is 5.38 Å². The molecule has 0 unspecified atom stereocenters. The molecule has 0 fully saturated rings. The fourth-order valence-corrected chi connectivity index (χ4v) is 0.408. The first-order chi connectivity index (χ1) is 3.50. The summed E-state index contributed by atoms with van der Waals surface area (Å²) in [7, 11) is 0. The summed E-state index contributed by atoms with van der Waals surface area (Å²) in [5, 5.41) is 5.31. The Morgan fingerprint density at radius 3 is 2.29 bits per heavy atom. The van der Waals surface area contributed by atoms with Crippen LogP contribution in [0.25, 0.3) is 0 Å². The van der Waals surface area contributed by atoms with Crippen LogP contribution in [0, 0.1) is 0 Å². The SMILES string of the molecule is CC.c1csnn1. The van der Waals surface area contributed by atoms with Gasteiger partial charge in [0.1, 0.15) is 0 Å². The highest BCUT2D eigenvalue weighted by atomic mass is 32.1. The minimum absolute atomic E-state index is 1.35. The highest BCUT2D eigenvalue weighted by Crippen LogP contribution is 1.78. The standard InChI is InChI=1S/C2H2N2S.C2H6/c1-2-5-4-3-1;1-2/h1-2H;1-2H3. The second-order valence-corrected chi connectivity index (χ2v) is 1.23. The molecule has 0 amide bonds. The van der Waals surface area contributed by atoms with Crippen molar-refractivity contribution in [2.75, 3.05) is 0 Å². The van der Waals surface area contributed by atoms with E-state index in [0.29, 0.717) is 0 Å². The number of hydrogen-bond donors (Lipinski definition) is 0. The third-order valence-corrected chi connectivity index (χ3v) is 0.715. The normalized spacial score (nSPS) is 6.57. The quantitative estimate of drug-likeness (QED) is 0.514. The average Bonchev–Trinajstić information content (AvgIpc) is 2.23. The number of rotatable bonds is 0. The van der Waals surface area contributed by atoms with Crippen molar-refractivity contribution in [1.82, 2.24) is 9.59 Å². The van der Waals surface area contributed by atoms with Gasteiger partial charge >= 0.3 is 0 Å². The maximum absolute atomic E-state index is 3.51. The topological polar surface area (TPSA) is 25.8 Å². The van der Waals surface area contributed by atoms with E-state index in [9.17, 15) is 0 Å². The second kappa shape index (κ2) is 5.56. The predicted octanol–water partition coefficient (Wildman–Crippen LogP) is 1.56. The molecule has 1 aromatic heterocycles. The highest BCUT2D eigenvalue weighted by Gasteiger charge is 1.61. The molecule has 40 valence electrons. The Bertz CT molecular complexity index is 66.2. The molecular weight excluding hydrogens is 108 g/mol. The average molecular weight is 116 g/mol. The van der Waals surface area contributed by atoms with Gasteiger partial charge in [-0.05, 0) is 11.5 Å². The Morgan fingerprint density at radius 1 is 1.43 bits per heavy atom. The molecule has 2 nitrogen and oxygen atoms in total. The lowest BCUT2D eigenvalue weighted by molar-refractivity contribution is 1.16. The number of hydrogen-bond acceptors (Lipinski definition) is 3. The van der Waals surface area contributed by atoms with Crippen LogP contribution in [0.3, 0.4) is 0 Å². The molecule has 1 rings (SSSR count). The van der Waals surface area contributed by atoms with E-state index >= 15 is 0 Å². The summed E-state index contributed by atoms with van der Waals surface area (Å²) in [6.07, 6.45) is 1.66. The third-order valence-electron chi connectivity index (χ3n) is 0.283. The van der Waals surface area contributed by atoms with Crippen molar-refractivity contribution in [1.29, 1.82) is 0 Å². The first kappa shape index (κ1) is 6.56. The van der Waals surface area contributed by atoms with Crippen molar-refractivity contribution in [3.05, 3.63) is 11.6 Å². The van der Waals surface area contributed by atoms with Crippen LogP contribution in [-0.2, 0) is 0 Å². The molecule has 0 aliphatic heterocycles. The smallest absolute Gasteiger partial charge is 0.0620 e. The van der Waals surface area contributed by atoms with Gasteiger partial charge in [-0.3, -0.25) is 0 Å². The van der Waals surface area contributed by atoms with Gasteiger partial charge in [0.2, 0.25) is 0 Å². The molecular formula is C4H8N2S. The molecule has 3 heteroatoms. The van der Waals surface area contributed by atoms with Crippen molar-refractivity contribution in [2.45, 2.75) is 13.8 Å². The van der Waals surface area contributed by atoms with Crippen molar-refractivity contribution in [3.63, 3.8) is 0 Å². The van der Waals surface area contributed by atoms with E-state index in [4.69, 9.17) is 0 Å². The summed E-state index contributed by atoms with van der Waals surface area (Å²) in [5.41, 5.74) is 0. The molecule has 0 radical (unpaired) electrons. The summed E-state index contributed by atoms with van der Waals surface area (Å²) in [6, 6.07) is 0. The van der Waals surface area contributed by atoms with Crippen LogP contribution in [0.5, 0.6) is 0 Å². The van der Waals surface area contributed by atoms with E-state index in [0.717, 1.165) is 0 Å². The Kier molecular flexibility index (Phi) is 5.21. The minimum Gasteiger partial charge on any atom is -0.147 e. The number of aromatic nitrogens is 2. The maximum Gasteiger partial charge on any atom is 0.0620 e. The molecule has 0 aliphatic rings. The molecule has 0 N–H and O–H groups in total. The van der Waals surface area contributed by atoms with Crippen LogP contribution in [0.4, 0.5) is 0 Å². The summed E-state index contributed by atoms with van der Waals surface area (Å²) >= 11 is 1.35. The first-order valence-electron chi connectivity index (χ1n) is 2.21. The summed E-state index contributed by atoms with van der Waals surface area (Å²) in [5.74, 6) is 0. The van der Waals surface area contributed by atoms with E-state index in [-0.39, 0.29) is 0 Å². The summed E-state index contributed by atoms with van der Waals surface area (Å²) < 4.78 is 3.51. The molecule has 1 aromatic rings. The Balaban J connectivity index is 0.000000162.